The Hall–Kier alpha value is 0.160. The van der Waals surface area contributed by atoms with E-state index in [1.807, 2.05) is 0 Å². The van der Waals surface area contributed by atoms with Crippen LogP contribution in [0.25, 0.3) is 0 Å². The average molecular weight is 284 g/mol. The van der Waals surface area contributed by atoms with Crippen molar-refractivity contribution in [3.8, 4) is 0 Å². The second-order valence-corrected chi connectivity index (χ2v) is 7.31. The van der Waals surface area contributed by atoms with Crippen molar-refractivity contribution in [1.29, 1.82) is 0 Å². The Kier molecular flexibility index (Phi) is 5.70. The van der Waals surface area contributed by atoms with Crippen LogP contribution in [0.5, 0.6) is 0 Å². The van der Waals surface area contributed by atoms with E-state index in [1.165, 1.54) is 0 Å². The van der Waals surface area contributed by atoms with Gasteiger partial charge in [-0.1, -0.05) is 26.2 Å². The van der Waals surface area contributed by atoms with E-state index in [0.717, 1.165) is 19.3 Å². The minimum Gasteiger partial charge on any atom is -0.389 e. The van der Waals surface area contributed by atoms with Gasteiger partial charge in [0.05, 0.1) is 11.4 Å². The van der Waals surface area contributed by atoms with Crippen molar-refractivity contribution in [3.63, 3.8) is 0 Å². The van der Waals surface area contributed by atoms with Crippen LogP contribution in [-0.4, -0.2) is 37.3 Å². The highest BCUT2D eigenvalue weighted by molar-refractivity contribution is 7.89. The summed E-state index contributed by atoms with van der Waals surface area (Å²) in [6.45, 7) is 1.92. The molecule has 0 aromatic heterocycles. The Morgan fingerprint density at radius 1 is 1.35 bits per heavy atom. The van der Waals surface area contributed by atoms with Gasteiger partial charge in [-0.3, -0.25) is 0 Å². The molecule has 1 atom stereocenters. The highest BCUT2D eigenvalue weighted by atomic mass is 35.5. The van der Waals surface area contributed by atoms with Crippen molar-refractivity contribution >= 4 is 21.6 Å². The average Bonchev–Trinajstić information content (AvgIpc) is 2.27. The van der Waals surface area contributed by atoms with Gasteiger partial charge in [0.15, 0.2) is 0 Å². The van der Waals surface area contributed by atoms with Gasteiger partial charge in [-0.15, -0.1) is 11.6 Å². The summed E-state index contributed by atoms with van der Waals surface area (Å²) in [6.07, 6.45) is 4.42. The zero-order valence-electron chi connectivity index (χ0n) is 10.3. The molecule has 17 heavy (non-hydrogen) atoms. The smallest absolute Gasteiger partial charge is 0.211 e. The van der Waals surface area contributed by atoms with Crippen LogP contribution in [0.15, 0.2) is 0 Å². The lowest BCUT2D eigenvalue weighted by Crippen LogP contribution is -2.45. The molecule has 6 heteroatoms. The zero-order valence-corrected chi connectivity index (χ0v) is 11.9. The Bertz CT molecular complexity index is 326. The monoisotopic (exact) mass is 283 g/mol. The Labute approximate surface area is 109 Å². The summed E-state index contributed by atoms with van der Waals surface area (Å²) in [5.74, 6) is 0.271. The van der Waals surface area contributed by atoms with E-state index < -0.39 is 15.6 Å². The van der Waals surface area contributed by atoms with Crippen molar-refractivity contribution in [3.05, 3.63) is 0 Å². The van der Waals surface area contributed by atoms with Crippen molar-refractivity contribution in [1.82, 2.24) is 4.72 Å². The third kappa shape index (κ3) is 5.55. The molecule has 0 bridgehead atoms. The Balaban J connectivity index is 2.43. The summed E-state index contributed by atoms with van der Waals surface area (Å²) in [5, 5.41) is 10.2. The molecule has 0 radical (unpaired) electrons. The van der Waals surface area contributed by atoms with Gasteiger partial charge in [-0.2, -0.15) is 0 Å². The first-order valence-electron chi connectivity index (χ1n) is 6.13. The molecule has 1 fully saturated rings. The molecule has 1 saturated carbocycles. The third-order valence-electron chi connectivity index (χ3n) is 3.17. The predicted octanol–water partition coefficient (Wildman–Crippen LogP) is 1.48. The SMILES string of the molecule is CC(CCl)CS(=O)(=O)NCC1(O)CCCCC1. The van der Waals surface area contributed by atoms with E-state index >= 15 is 0 Å². The van der Waals surface area contributed by atoms with Crippen LogP contribution >= 0.6 is 11.6 Å². The molecule has 0 amide bonds. The fourth-order valence-electron chi connectivity index (χ4n) is 2.11. The second-order valence-electron chi connectivity index (χ2n) is 5.15. The maximum Gasteiger partial charge on any atom is 0.211 e. The van der Waals surface area contributed by atoms with Crippen LogP contribution in [0.4, 0.5) is 0 Å². The van der Waals surface area contributed by atoms with Gasteiger partial charge < -0.3 is 5.11 Å². The lowest BCUT2D eigenvalue weighted by atomic mass is 9.85. The molecule has 1 aliphatic carbocycles. The van der Waals surface area contributed by atoms with Crippen molar-refractivity contribution in [2.24, 2.45) is 5.92 Å². The number of aliphatic hydroxyl groups is 1. The van der Waals surface area contributed by atoms with E-state index in [9.17, 15) is 13.5 Å². The molecule has 0 spiro atoms. The van der Waals surface area contributed by atoms with E-state index in [0.29, 0.717) is 18.7 Å². The largest absolute Gasteiger partial charge is 0.389 e. The topological polar surface area (TPSA) is 66.4 Å². The highest BCUT2D eigenvalue weighted by Crippen LogP contribution is 2.27. The number of sulfonamides is 1. The van der Waals surface area contributed by atoms with Crippen LogP contribution in [-0.2, 0) is 10.0 Å². The van der Waals surface area contributed by atoms with E-state index in [-0.39, 0.29) is 18.2 Å². The fraction of sp³-hybridized carbons (Fsp3) is 1.00. The van der Waals surface area contributed by atoms with Gasteiger partial charge >= 0.3 is 0 Å². The maximum atomic E-state index is 11.7. The van der Waals surface area contributed by atoms with E-state index in [4.69, 9.17) is 11.6 Å². The summed E-state index contributed by atoms with van der Waals surface area (Å²) in [5.41, 5.74) is -0.852. The molecule has 1 unspecified atom stereocenters. The van der Waals surface area contributed by atoms with Gasteiger partial charge in [0.2, 0.25) is 10.0 Å². The Morgan fingerprint density at radius 2 is 1.94 bits per heavy atom. The summed E-state index contributed by atoms with van der Waals surface area (Å²) in [7, 11) is -3.32. The first-order valence-corrected chi connectivity index (χ1v) is 8.31. The zero-order chi connectivity index (χ0) is 12.9. The molecule has 102 valence electrons. The standard InChI is InChI=1S/C11H22ClNO3S/c1-10(7-12)8-17(15,16)13-9-11(14)5-3-2-4-6-11/h10,13-14H,2-9H2,1H3. The van der Waals surface area contributed by atoms with Crippen molar-refractivity contribution in [2.75, 3.05) is 18.2 Å². The first kappa shape index (κ1) is 15.2. The predicted molar refractivity (Wildman–Crippen MR) is 69.7 cm³/mol. The molecule has 1 aliphatic rings. The molecular formula is C11H22ClNO3S. The minimum atomic E-state index is -3.32. The van der Waals surface area contributed by atoms with E-state index in [2.05, 4.69) is 4.72 Å². The fourth-order valence-corrected chi connectivity index (χ4v) is 3.82. The quantitative estimate of drug-likeness (QED) is 0.726. The van der Waals surface area contributed by atoms with Gasteiger partial charge in [-0.05, 0) is 18.8 Å². The molecule has 4 nitrogen and oxygen atoms in total. The number of halogens is 1. The maximum absolute atomic E-state index is 11.7. The minimum absolute atomic E-state index is 0.0204. The molecule has 1 rings (SSSR count). The molecule has 0 saturated heterocycles. The van der Waals surface area contributed by atoms with Gasteiger partial charge in [0, 0.05) is 12.4 Å². The van der Waals surface area contributed by atoms with Gasteiger partial charge in [0.1, 0.15) is 0 Å². The summed E-state index contributed by atoms with van der Waals surface area (Å²) in [4.78, 5) is 0. The molecular weight excluding hydrogens is 262 g/mol. The third-order valence-corrected chi connectivity index (χ3v) is 5.29. The molecule has 0 aromatic rings. The van der Waals surface area contributed by atoms with Crippen LogP contribution in [0.2, 0.25) is 0 Å². The lowest BCUT2D eigenvalue weighted by Gasteiger charge is -2.32. The molecule has 0 aliphatic heterocycles. The van der Waals surface area contributed by atoms with Crippen molar-refractivity contribution in [2.45, 2.75) is 44.6 Å². The first-order chi connectivity index (χ1) is 7.87. The van der Waals surface area contributed by atoms with Crippen LogP contribution in [0.3, 0.4) is 0 Å². The normalized spacial score (nSPS) is 22.3. The van der Waals surface area contributed by atoms with Crippen LogP contribution < -0.4 is 4.72 Å². The molecule has 2 N–H and O–H groups in total. The Morgan fingerprint density at radius 3 is 2.47 bits per heavy atom. The number of rotatable bonds is 6. The summed E-state index contributed by atoms with van der Waals surface area (Å²) in [6, 6.07) is 0. The summed E-state index contributed by atoms with van der Waals surface area (Å²) < 4.78 is 25.9. The van der Waals surface area contributed by atoms with E-state index in [1.54, 1.807) is 6.92 Å². The van der Waals surface area contributed by atoms with Gasteiger partial charge in [0.25, 0.3) is 0 Å². The highest BCUT2D eigenvalue weighted by Gasteiger charge is 2.30. The molecule has 0 heterocycles. The summed E-state index contributed by atoms with van der Waals surface area (Å²) >= 11 is 5.59. The number of nitrogens with one attached hydrogen (secondary N) is 1. The van der Waals surface area contributed by atoms with Crippen LogP contribution in [0, 0.1) is 5.92 Å². The van der Waals surface area contributed by atoms with Gasteiger partial charge in [-0.25, -0.2) is 13.1 Å². The van der Waals surface area contributed by atoms with Crippen LogP contribution in [0.1, 0.15) is 39.0 Å². The number of hydrogen-bond donors (Lipinski definition) is 2. The van der Waals surface area contributed by atoms with Crippen molar-refractivity contribution < 1.29 is 13.5 Å². The lowest BCUT2D eigenvalue weighted by molar-refractivity contribution is 0.00944. The number of hydrogen-bond acceptors (Lipinski definition) is 3. The second kappa shape index (κ2) is 6.36. The molecule has 0 aromatic carbocycles. The number of alkyl halides is 1.